The Morgan fingerprint density at radius 3 is 2.60 bits per heavy atom. The molecule has 5 nitrogen and oxygen atoms in total. The van der Waals surface area contributed by atoms with Gasteiger partial charge in [0.2, 0.25) is 5.95 Å². The average molecular weight is 275 g/mol. The summed E-state index contributed by atoms with van der Waals surface area (Å²) in [5.41, 5.74) is 0. The van der Waals surface area contributed by atoms with Gasteiger partial charge < -0.3 is 10.2 Å². The Bertz CT molecular complexity index is 402. The van der Waals surface area contributed by atoms with Crippen molar-refractivity contribution in [2.75, 3.05) is 44.7 Å². The Hall–Kier alpha value is -1.20. The molecule has 20 heavy (non-hydrogen) atoms. The summed E-state index contributed by atoms with van der Waals surface area (Å²) < 4.78 is 0. The molecular weight excluding hydrogens is 250 g/mol. The number of anilines is 1. The summed E-state index contributed by atoms with van der Waals surface area (Å²) in [7, 11) is 2.10. The van der Waals surface area contributed by atoms with Gasteiger partial charge in [-0.2, -0.15) is 0 Å². The number of aromatic nitrogens is 2. The van der Waals surface area contributed by atoms with E-state index in [1.807, 2.05) is 18.5 Å². The Labute approximate surface area is 121 Å². The molecule has 1 aliphatic carbocycles. The van der Waals surface area contributed by atoms with Crippen LogP contribution in [0.3, 0.4) is 0 Å². The van der Waals surface area contributed by atoms with Crippen LogP contribution < -0.4 is 10.2 Å². The standard InChI is InChI=1S/C15H25N5/c1-16-14-5-2-4-13(14)12-19-8-10-20(11-9-19)15-17-6-3-7-18-15/h3,6-7,13-14,16H,2,4-5,8-12H2,1H3. The lowest BCUT2D eigenvalue weighted by molar-refractivity contribution is 0.205. The third-order valence-corrected chi connectivity index (χ3v) is 4.73. The molecule has 0 aromatic carbocycles. The fourth-order valence-corrected chi connectivity index (χ4v) is 3.55. The number of nitrogens with one attached hydrogen (secondary N) is 1. The van der Waals surface area contributed by atoms with Gasteiger partial charge in [-0.25, -0.2) is 9.97 Å². The van der Waals surface area contributed by atoms with Gasteiger partial charge in [0.1, 0.15) is 0 Å². The average Bonchev–Trinajstić information content (AvgIpc) is 2.96. The highest BCUT2D eigenvalue weighted by Gasteiger charge is 2.29. The first-order chi connectivity index (χ1) is 9.86. The fraction of sp³-hybridized carbons (Fsp3) is 0.733. The number of nitrogens with zero attached hydrogens (tertiary/aromatic N) is 4. The maximum Gasteiger partial charge on any atom is 0.225 e. The molecule has 1 saturated heterocycles. The Morgan fingerprint density at radius 2 is 1.90 bits per heavy atom. The van der Waals surface area contributed by atoms with Gasteiger partial charge in [-0.15, -0.1) is 0 Å². The first-order valence-corrected chi connectivity index (χ1v) is 7.78. The summed E-state index contributed by atoms with van der Waals surface area (Å²) in [6.07, 6.45) is 7.76. The summed E-state index contributed by atoms with van der Waals surface area (Å²) in [5, 5.41) is 3.48. The highest BCUT2D eigenvalue weighted by Crippen LogP contribution is 2.26. The molecule has 110 valence electrons. The van der Waals surface area contributed by atoms with Crippen LogP contribution in [0.25, 0.3) is 0 Å². The van der Waals surface area contributed by atoms with Crippen LogP contribution in [0.4, 0.5) is 5.95 Å². The zero-order valence-electron chi connectivity index (χ0n) is 12.3. The van der Waals surface area contributed by atoms with E-state index in [4.69, 9.17) is 0 Å². The smallest absolute Gasteiger partial charge is 0.225 e. The molecular formula is C15H25N5. The van der Waals surface area contributed by atoms with Crippen molar-refractivity contribution in [2.24, 2.45) is 5.92 Å². The minimum Gasteiger partial charge on any atom is -0.338 e. The van der Waals surface area contributed by atoms with Gasteiger partial charge in [-0.3, -0.25) is 4.90 Å². The van der Waals surface area contributed by atoms with Gasteiger partial charge in [0.15, 0.2) is 0 Å². The van der Waals surface area contributed by atoms with Crippen LogP contribution in [-0.2, 0) is 0 Å². The number of piperazine rings is 1. The lowest BCUT2D eigenvalue weighted by atomic mass is 10.0. The fourth-order valence-electron chi connectivity index (χ4n) is 3.55. The van der Waals surface area contributed by atoms with Gasteiger partial charge in [0.25, 0.3) is 0 Å². The lowest BCUT2D eigenvalue weighted by Crippen LogP contribution is -2.49. The number of rotatable bonds is 4. The summed E-state index contributed by atoms with van der Waals surface area (Å²) in [6.45, 7) is 5.59. The van der Waals surface area contributed by atoms with E-state index in [0.29, 0.717) is 0 Å². The quantitative estimate of drug-likeness (QED) is 0.887. The molecule has 1 aliphatic heterocycles. The van der Waals surface area contributed by atoms with Gasteiger partial charge in [-0.1, -0.05) is 6.42 Å². The molecule has 2 unspecified atom stereocenters. The van der Waals surface area contributed by atoms with E-state index in [1.165, 1.54) is 25.8 Å². The molecule has 2 atom stereocenters. The van der Waals surface area contributed by atoms with Crippen molar-refractivity contribution in [3.05, 3.63) is 18.5 Å². The Kier molecular flexibility index (Phi) is 4.47. The molecule has 2 fully saturated rings. The van der Waals surface area contributed by atoms with E-state index in [-0.39, 0.29) is 0 Å². The molecule has 3 rings (SSSR count). The largest absolute Gasteiger partial charge is 0.338 e. The van der Waals surface area contributed by atoms with Crippen molar-refractivity contribution in [2.45, 2.75) is 25.3 Å². The normalized spacial score (nSPS) is 27.9. The SMILES string of the molecule is CNC1CCCC1CN1CCN(c2ncccn2)CC1. The maximum absolute atomic E-state index is 4.34. The molecule has 5 heteroatoms. The Balaban J connectivity index is 1.49. The summed E-state index contributed by atoms with van der Waals surface area (Å²) in [6, 6.07) is 2.60. The molecule has 2 heterocycles. The second kappa shape index (κ2) is 6.50. The van der Waals surface area contributed by atoms with E-state index >= 15 is 0 Å². The highest BCUT2D eigenvalue weighted by molar-refractivity contribution is 5.29. The van der Waals surface area contributed by atoms with Crippen molar-refractivity contribution in [3.63, 3.8) is 0 Å². The third-order valence-electron chi connectivity index (χ3n) is 4.73. The van der Waals surface area contributed by atoms with Crippen molar-refractivity contribution in [1.82, 2.24) is 20.2 Å². The third kappa shape index (κ3) is 3.10. The van der Waals surface area contributed by atoms with Gasteiger partial charge in [0.05, 0.1) is 0 Å². The predicted octanol–water partition coefficient (Wildman–Crippen LogP) is 0.987. The minimum absolute atomic E-state index is 0.727. The van der Waals surface area contributed by atoms with Crippen LogP contribution in [0.2, 0.25) is 0 Å². The van der Waals surface area contributed by atoms with E-state index in [0.717, 1.165) is 44.1 Å². The van der Waals surface area contributed by atoms with E-state index in [1.54, 1.807) is 0 Å². The lowest BCUT2D eigenvalue weighted by Gasteiger charge is -2.36. The predicted molar refractivity (Wildman–Crippen MR) is 80.9 cm³/mol. The molecule has 1 aromatic heterocycles. The minimum atomic E-state index is 0.727. The molecule has 0 spiro atoms. The van der Waals surface area contributed by atoms with E-state index in [9.17, 15) is 0 Å². The summed E-state index contributed by atoms with van der Waals surface area (Å²) in [4.78, 5) is 13.6. The second-order valence-electron chi connectivity index (χ2n) is 5.92. The number of hydrogen-bond donors (Lipinski definition) is 1. The van der Waals surface area contributed by atoms with Gasteiger partial charge in [-0.05, 0) is 31.9 Å². The molecule has 1 saturated carbocycles. The molecule has 0 bridgehead atoms. The molecule has 1 aromatic rings. The first kappa shape index (κ1) is 13.8. The van der Waals surface area contributed by atoms with Crippen LogP contribution in [-0.4, -0.2) is 60.7 Å². The van der Waals surface area contributed by atoms with Crippen molar-refractivity contribution in [1.29, 1.82) is 0 Å². The topological polar surface area (TPSA) is 44.3 Å². The molecule has 0 radical (unpaired) electrons. The van der Waals surface area contributed by atoms with Crippen molar-refractivity contribution in [3.8, 4) is 0 Å². The van der Waals surface area contributed by atoms with Crippen LogP contribution in [0.5, 0.6) is 0 Å². The summed E-state index contributed by atoms with van der Waals surface area (Å²) in [5.74, 6) is 1.71. The molecule has 2 aliphatic rings. The van der Waals surface area contributed by atoms with Crippen molar-refractivity contribution < 1.29 is 0 Å². The zero-order chi connectivity index (χ0) is 13.8. The van der Waals surface area contributed by atoms with Crippen LogP contribution in [0.1, 0.15) is 19.3 Å². The van der Waals surface area contributed by atoms with Gasteiger partial charge in [0, 0.05) is 51.2 Å². The van der Waals surface area contributed by atoms with Gasteiger partial charge >= 0.3 is 0 Å². The van der Waals surface area contributed by atoms with Crippen LogP contribution >= 0.6 is 0 Å². The molecule has 0 amide bonds. The van der Waals surface area contributed by atoms with E-state index in [2.05, 4.69) is 32.1 Å². The van der Waals surface area contributed by atoms with Crippen molar-refractivity contribution >= 4 is 5.95 Å². The number of hydrogen-bond acceptors (Lipinski definition) is 5. The van der Waals surface area contributed by atoms with Crippen LogP contribution in [0, 0.1) is 5.92 Å². The Morgan fingerprint density at radius 1 is 1.15 bits per heavy atom. The highest BCUT2D eigenvalue weighted by atomic mass is 15.3. The monoisotopic (exact) mass is 275 g/mol. The molecule has 1 N–H and O–H groups in total. The second-order valence-corrected chi connectivity index (χ2v) is 5.92. The summed E-state index contributed by atoms with van der Waals surface area (Å²) >= 11 is 0. The maximum atomic E-state index is 4.34. The zero-order valence-corrected chi connectivity index (χ0v) is 12.3. The van der Waals surface area contributed by atoms with Crippen LogP contribution in [0.15, 0.2) is 18.5 Å². The van der Waals surface area contributed by atoms with E-state index < -0.39 is 0 Å². The first-order valence-electron chi connectivity index (χ1n) is 7.78.